The van der Waals surface area contributed by atoms with Crippen molar-refractivity contribution >= 4 is 17.8 Å². The van der Waals surface area contributed by atoms with Gasteiger partial charge >= 0.3 is 5.97 Å². The Balaban J connectivity index is 2.25. The highest BCUT2D eigenvalue weighted by atomic mass is 16.5. The van der Waals surface area contributed by atoms with Gasteiger partial charge in [-0.05, 0) is 6.92 Å². The number of hydrogen-bond donors (Lipinski definition) is 0. The first kappa shape index (κ1) is 12.2. The second kappa shape index (κ2) is 4.92. The monoisotopic (exact) mass is 248 g/mol. The van der Waals surface area contributed by atoms with Crippen molar-refractivity contribution in [2.75, 3.05) is 18.1 Å². The molecule has 2 heterocycles. The van der Waals surface area contributed by atoms with Crippen LogP contribution >= 0.6 is 0 Å². The van der Waals surface area contributed by atoms with E-state index in [1.807, 2.05) is 0 Å². The third kappa shape index (κ3) is 2.07. The largest absolute Gasteiger partial charge is 0.462 e. The van der Waals surface area contributed by atoms with Gasteiger partial charge in [-0.2, -0.15) is 0 Å². The Labute approximate surface area is 104 Å². The number of ether oxygens (including phenoxy) is 1. The number of hydrogen-bond acceptors (Lipinski definition) is 5. The predicted molar refractivity (Wildman–Crippen MR) is 61.8 cm³/mol. The number of anilines is 1. The predicted octanol–water partition coefficient (Wildman–Crippen LogP) is 0.837. The van der Waals surface area contributed by atoms with Crippen LogP contribution in [0.25, 0.3) is 0 Å². The molecule has 94 valence electrons. The summed E-state index contributed by atoms with van der Waals surface area (Å²) >= 11 is 0. The summed E-state index contributed by atoms with van der Waals surface area (Å²) < 4.78 is 9.82. The van der Waals surface area contributed by atoms with Crippen molar-refractivity contribution in [1.82, 2.24) is 5.16 Å². The van der Waals surface area contributed by atoms with Crippen LogP contribution in [0, 0.1) is 18.3 Å². The summed E-state index contributed by atoms with van der Waals surface area (Å²) in [6.07, 6.45) is 6.78. The molecule has 0 spiro atoms. The van der Waals surface area contributed by atoms with E-state index >= 15 is 0 Å². The Morgan fingerprint density at radius 2 is 2.56 bits per heavy atom. The molecular formula is C12H12N2O4. The zero-order valence-corrected chi connectivity index (χ0v) is 9.88. The van der Waals surface area contributed by atoms with Crippen LogP contribution in [-0.2, 0) is 9.53 Å². The van der Waals surface area contributed by atoms with Gasteiger partial charge in [-0.3, -0.25) is 9.69 Å². The van der Waals surface area contributed by atoms with Crippen LogP contribution in [-0.4, -0.2) is 30.2 Å². The molecule has 1 aromatic heterocycles. The fourth-order valence-electron chi connectivity index (χ4n) is 1.79. The molecular weight excluding hydrogens is 236 g/mol. The van der Waals surface area contributed by atoms with Crippen molar-refractivity contribution in [3.05, 3.63) is 11.8 Å². The van der Waals surface area contributed by atoms with Gasteiger partial charge in [0, 0.05) is 18.9 Å². The number of terminal acetylenes is 1. The molecule has 1 fully saturated rings. The normalized spacial score (nSPS) is 18.8. The number of aromatic nitrogens is 1. The summed E-state index contributed by atoms with van der Waals surface area (Å²) in [4.78, 5) is 24.7. The molecule has 1 aromatic rings. The lowest BCUT2D eigenvalue weighted by atomic mass is 10.1. The summed E-state index contributed by atoms with van der Waals surface area (Å²) in [5.41, 5.74) is 0.142. The maximum absolute atomic E-state index is 11.8. The van der Waals surface area contributed by atoms with Crippen molar-refractivity contribution < 1.29 is 18.8 Å². The lowest BCUT2D eigenvalue weighted by Crippen LogP contribution is -2.26. The van der Waals surface area contributed by atoms with E-state index in [1.54, 1.807) is 6.92 Å². The minimum absolute atomic E-state index is 0.108. The molecule has 0 saturated carbocycles. The first-order chi connectivity index (χ1) is 8.67. The summed E-state index contributed by atoms with van der Waals surface area (Å²) in [5, 5.41) is 3.53. The SMILES string of the molecule is C#CC1CC(=O)N(c2oncc2C(=O)OCC)C1. The van der Waals surface area contributed by atoms with E-state index in [4.69, 9.17) is 15.7 Å². The van der Waals surface area contributed by atoms with Gasteiger partial charge < -0.3 is 9.26 Å². The van der Waals surface area contributed by atoms with Crippen molar-refractivity contribution in [2.45, 2.75) is 13.3 Å². The zero-order valence-electron chi connectivity index (χ0n) is 9.88. The number of nitrogens with zero attached hydrogens (tertiary/aromatic N) is 2. The van der Waals surface area contributed by atoms with Gasteiger partial charge in [0.05, 0.1) is 12.8 Å². The Morgan fingerprint density at radius 3 is 3.17 bits per heavy atom. The number of amides is 1. The number of rotatable bonds is 3. The van der Waals surface area contributed by atoms with Crippen LogP contribution in [0.15, 0.2) is 10.7 Å². The Hall–Kier alpha value is -2.29. The maximum Gasteiger partial charge on any atom is 0.345 e. The number of carbonyl (C=O) groups is 2. The summed E-state index contributed by atoms with van der Waals surface area (Å²) in [6, 6.07) is 0. The third-order valence-electron chi connectivity index (χ3n) is 2.65. The van der Waals surface area contributed by atoms with Crippen LogP contribution in [0.5, 0.6) is 0 Å². The molecule has 1 amide bonds. The Bertz CT molecular complexity index is 514. The van der Waals surface area contributed by atoms with Crippen LogP contribution in [0.1, 0.15) is 23.7 Å². The van der Waals surface area contributed by atoms with Gasteiger partial charge in [0.15, 0.2) is 0 Å². The van der Waals surface area contributed by atoms with Gasteiger partial charge in [0.1, 0.15) is 5.56 Å². The molecule has 1 atom stereocenters. The first-order valence-electron chi connectivity index (χ1n) is 5.55. The number of esters is 1. The van der Waals surface area contributed by atoms with E-state index < -0.39 is 5.97 Å². The smallest absolute Gasteiger partial charge is 0.345 e. The van der Waals surface area contributed by atoms with Crippen molar-refractivity contribution in [3.8, 4) is 12.3 Å². The Morgan fingerprint density at radius 1 is 1.78 bits per heavy atom. The molecule has 2 rings (SSSR count). The van der Waals surface area contributed by atoms with Crippen molar-refractivity contribution in [1.29, 1.82) is 0 Å². The zero-order chi connectivity index (χ0) is 13.1. The standard InChI is InChI=1S/C12H12N2O4/c1-3-8-5-10(15)14(7-8)11-9(6-13-18-11)12(16)17-4-2/h1,6,8H,4-5,7H2,2H3. The lowest BCUT2D eigenvalue weighted by Gasteiger charge is -2.12. The second-order valence-electron chi connectivity index (χ2n) is 3.84. The van der Waals surface area contributed by atoms with Gasteiger partial charge in [-0.25, -0.2) is 4.79 Å². The summed E-state index contributed by atoms with van der Waals surface area (Å²) in [7, 11) is 0. The van der Waals surface area contributed by atoms with Crippen molar-refractivity contribution in [2.24, 2.45) is 5.92 Å². The maximum atomic E-state index is 11.8. The molecule has 0 bridgehead atoms. The third-order valence-corrected chi connectivity index (χ3v) is 2.65. The van der Waals surface area contributed by atoms with E-state index in [-0.39, 0.29) is 36.3 Å². The topological polar surface area (TPSA) is 72.6 Å². The van der Waals surface area contributed by atoms with E-state index in [2.05, 4.69) is 11.1 Å². The van der Waals surface area contributed by atoms with Crippen LogP contribution in [0.2, 0.25) is 0 Å². The molecule has 1 saturated heterocycles. The fraction of sp³-hybridized carbons (Fsp3) is 0.417. The molecule has 1 aliphatic rings. The van der Waals surface area contributed by atoms with Crippen LogP contribution < -0.4 is 4.90 Å². The number of carbonyl (C=O) groups excluding carboxylic acids is 2. The second-order valence-corrected chi connectivity index (χ2v) is 3.84. The molecule has 0 aliphatic carbocycles. The average Bonchev–Trinajstić information content (AvgIpc) is 2.94. The quantitative estimate of drug-likeness (QED) is 0.585. The Kier molecular flexibility index (Phi) is 3.33. The molecule has 6 nitrogen and oxygen atoms in total. The highest BCUT2D eigenvalue weighted by molar-refractivity contribution is 6.02. The molecule has 18 heavy (non-hydrogen) atoms. The molecule has 1 aliphatic heterocycles. The minimum Gasteiger partial charge on any atom is -0.462 e. The van der Waals surface area contributed by atoms with Gasteiger partial charge in [-0.15, -0.1) is 12.3 Å². The fourth-order valence-corrected chi connectivity index (χ4v) is 1.79. The van der Waals surface area contributed by atoms with Crippen LogP contribution in [0.4, 0.5) is 5.88 Å². The van der Waals surface area contributed by atoms with Gasteiger partial charge in [-0.1, -0.05) is 5.16 Å². The van der Waals surface area contributed by atoms with Crippen LogP contribution in [0.3, 0.4) is 0 Å². The van der Waals surface area contributed by atoms with E-state index in [9.17, 15) is 9.59 Å². The van der Waals surface area contributed by atoms with E-state index in [0.717, 1.165) is 0 Å². The molecule has 1 unspecified atom stereocenters. The molecule has 0 N–H and O–H groups in total. The highest BCUT2D eigenvalue weighted by Gasteiger charge is 2.34. The van der Waals surface area contributed by atoms with Crippen molar-refractivity contribution in [3.63, 3.8) is 0 Å². The molecule has 6 heteroatoms. The van der Waals surface area contributed by atoms with Gasteiger partial charge in [0.2, 0.25) is 11.8 Å². The van der Waals surface area contributed by atoms with Gasteiger partial charge in [0.25, 0.3) is 0 Å². The molecule has 0 aromatic carbocycles. The summed E-state index contributed by atoms with van der Waals surface area (Å²) in [5.74, 6) is 1.71. The summed E-state index contributed by atoms with van der Waals surface area (Å²) in [6.45, 7) is 2.27. The first-order valence-corrected chi connectivity index (χ1v) is 5.55. The highest BCUT2D eigenvalue weighted by Crippen LogP contribution is 2.28. The molecule has 0 radical (unpaired) electrons. The van der Waals surface area contributed by atoms with E-state index in [0.29, 0.717) is 6.54 Å². The minimum atomic E-state index is -0.564. The van der Waals surface area contributed by atoms with E-state index in [1.165, 1.54) is 11.1 Å². The lowest BCUT2D eigenvalue weighted by molar-refractivity contribution is -0.117. The average molecular weight is 248 g/mol.